The molecule has 0 radical (unpaired) electrons. The van der Waals surface area contributed by atoms with E-state index in [1.54, 1.807) is 11.9 Å². The zero-order chi connectivity index (χ0) is 14.5. The van der Waals surface area contributed by atoms with E-state index in [1.807, 2.05) is 62.6 Å². The molecule has 0 saturated carbocycles. The molecule has 0 unspecified atom stereocenters. The van der Waals surface area contributed by atoms with Crippen LogP contribution >= 0.6 is 0 Å². The van der Waals surface area contributed by atoms with Crippen molar-refractivity contribution in [3.63, 3.8) is 0 Å². The van der Waals surface area contributed by atoms with Gasteiger partial charge in [0, 0.05) is 43.8 Å². The summed E-state index contributed by atoms with van der Waals surface area (Å²) in [5, 5.41) is 6.09. The first kappa shape index (κ1) is 13.9. The summed E-state index contributed by atoms with van der Waals surface area (Å²) >= 11 is 0. The first-order valence-electron chi connectivity index (χ1n) is 6.49. The Morgan fingerprint density at radius 2 is 1.30 bits per heavy atom. The molecule has 20 heavy (non-hydrogen) atoms. The second kappa shape index (κ2) is 6.10. The molecule has 0 aliphatic carbocycles. The highest BCUT2D eigenvalue weighted by atomic mass is 16.2. The zero-order valence-corrected chi connectivity index (χ0v) is 12.0. The van der Waals surface area contributed by atoms with Gasteiger partial charge in [0.2, 0.25) is 0 Å². The molecule has 0 bridgehead atoms. The molecule has 2 aromatic rings. The van der Waals surface area contributed by atoms with Crippen LogP contribution in [0.4, 0.5) is 17.1 Å². The zero-order valence-electron chi connectivity index (χ0n) is 12.0. The molecule has 4 heteroatoms. The van der Waals surface area contributed by atoms with Gasteiger partial charge in [-0.25, -0.2) is 0 Å². The van der Waals surface area contributed by atoms with Gasteiger partial charge in [-0.15, -0.1) is 0 Å². The minimum Gasteiger partial charge on any atom is -0.388 e. The van der Waals surface area contributed by atoms with Gasteiger partial charge in [-0.05, 0) is 48.5 Å². The molecule has 0 saturated heterocycles. The van der Waals surface area contributed by atoms with E-state index in [4.69, 9.17) is 0 Å². The van der Waals surface area contributed by atoms with Crippen LogP contribution in [-0.4, -0.2) is 27.1 Å². The summed E-state index contributed by atoms with van der Waals surface area (Å²) in [7, 11) is 5.50. The Kier molecular flexibility index (Phi) is 4.25. The van der Waals surface area contributed by atoms with E-state index in [0.717, 1.165) is 17.1 Å². The largest absolute Gasteiger partial charge is 0.388 e. The topological polar surface area (TPSA) is 44.4 Å². The Hall–Kier alpha value is -2.49. The van der Waals surface area contributed by atoms with Crippen LogP contribution in [0.3, 0.4) is 0 Å². The number of hydrogen-bond acceptors (Lipinski definition) is 3. The van der Waals surface area contributed by atoms with Gasteiger partial charge in [0.25, 0.3) is 5.91 Å². The van der Waals surface area contributed by atoms with Crippen LogP contribution in [0.2, 0.25) is 0 Å². The molecule has 0 heterocycles. The average Bonchev–Trinajstić information content (AvgIpc) is 2.53. The van der Waals surface area contributed by atoms with Crippen LogP contribution in [0, 0.1) is 0 Å². The maximum atomic E-state index is 12.4. The molecule has 104 valence electrons. The lowest BCUT2D eigenvalue weighted by atomic mass is 10.1. The third-order valence-electron chi connectivity index (χ3n) is 3.27. The monoisotopic (exact) mass is 269 g/mol. The van der Waals surface area contributed by atoms with Crippen LogP contribution in [0.1, 0.15) is 10.4 Å². The van der Waals surface area contributed by atoms with E-state index in [0.29, 0.717) is 5.56 Å². The summed E-state index contributed by atoms with van der Waals surface area (Å²) < 4.78 is 0. The number of nitrogens with zero attached hydrogens (tertiary/aromatic N) is 1. The van der Waals surface area contributed by atoms with Crippen molar-refractivity contribution >= 4 is 23.0 Å². The Bertz CT molecular complexity index is 576. The van der Waals surface area contributed by atoms with Gasteiger partial charge >= 0.3 is 0 Å². The molecular weight excluding hydrogens is 250 g/mol. The van der Waals surface area contributed by atoms with E-state index in [9.17, 15) is 4.79 Å². The SMILES string of the molecule is CNc1ccc(C(=O)N(C)c2ccc(NC)cc2)cc1. The average molecular weight is 269 g/mol. The summed E-state index contributed by atoms with van der Waals surface area (Å²) in [5.41, 5.74) is 3.55. The maximum absolute atomic E-state index is 12.4. The second-order valence-corrected chi connectivity index (χ2v) is 4.49. The third kappa shape index (κ3) is 2.91. The predicted octanol–water partition coefficient (Wildman–Crippen LogP) is 3.05. The summed E-state index contributed by atoms with van der Waals surface area (Å²) in [6, 6.07) is 15.2. The van der Waals surface area contributed by atoms with Crippen molar-refractivity contribution in [2.24, 2.45) is 0 Å². The number of nitrogens with one attached hydrogen (secondary N) is 2. The first-order chi connectivity index (χ1) is 9.65. The highest BCUT2D eigenvalue weighted by Crippen LogP contribution is 2.19. The number of hydrogen-bond donors (Lipinski definition) is 2. The van der Waals surface area contributed by atoms with Gasteiger partial charge < -0.3 is 15.5 Å². The normalized spacial score (nSPS) is 9.95. The standard InChI is InChI=1S/C16H19N3O/c1-17-13-6-4-12(5-7-13)16(20)19(3)15-10-8-14(18-2)9-11-15/h4-11,17-18H,1-3H3. The lowest BCUT2D eigenvalue weighted by molar-refractivity contribution is 0.0993. The van der Waals surface area contributed by atoms with Crippen LogP contribution in [0.15, 0.2) is 48.5 Å². The van der Waals surface area contributed by atoms with Crippen molar-refractivity contribution in [3.8, 4) is 0 Å². The molecule has 0 aliphatic heterocycles. The molecular formula is C16H19N3O. The minimum atomic E-state index is -0.0233. The highest BCUT2D eigenvalue weighted by Gasteiger charge is 2.13. The van der Waals surface area contributed by atoms with Crippen molar-refractivity contribution in [1.82, 2.24) is 0 Å². The molecule has 4 nitrogen and oxygen atoms in total. The molecule has 0 aliphatic rings. The summed E-state index contributed by atoms with van der Waals surface area (Å²) in [4.78, 5) is 14.0. The third-order valence-corrected chi connectivity index (χ3v) is 3.27. The van der Waals surface area contributed by atoms with E-state index in [1.165, 1.54) is 0 Å². The fourth-order valence-electron chi connectivity index (χ4n) is 1.94. The lowest BCUT2D eigenvalue weighted by Crippen LogP contribution is -2.26. The smallest absolute Gasteiger partial charge is 0.258 e. The number of rotatable bonds is 4. The number of amides is 1. The Labute approximate surface area is 119 Å². The van der Waals surface area contributed by atoms with Crippen LogP contribution in [-0.2, 0) is 0 Å². The second-order valence-electron chi connectivity index (χ2n) is 4.49. The number of anilines is 3. The van der Waals surface area contributed by atoms with Gasteiger partial charge in [-0.2, -0.15) is 0 Å². The van der Waals surface area contributed by atoms with Crippen molar-refractivity contribution in [2.75, 3.05) is 36.7 Å². The summed E-state index contributed by atoms with van der Waals surface area (Å²) in [5.74, 6) is -0.0233. The lowest BCUT2D eigenvalue weighted by Gasteiger charge is -2.18. The van der Waals surface area contributed by atoms with Gasteiger partial charge in [0.05, 0.1) is 0 Å². The molecule has 2 rings (SSSR count). The van der Waals surface area contributed by atoms with Crippen LogP contribution in [0.5, 0.6) is 0 Å². The fourth-order valence-corrected chi connectivity index (χ4v) is 1.94. The van der Waals surface area contributed by atoms with Gasteiger partial charge in [0.15, 0.2) is 0 Å². The number of benzene rings is 2. The highest BCUT2D eigenvalue weighted by molar-refractivity contribution is 6.05. The van der Waals surface area contributed by atoms with E-state index >= 15 is 0 Å². The van der Waals surface area contributed by atoms with Crippen molar-refractivity contribution in [2.45, 2.75) is 0 Å². The molecule has 1 amide bonds. The summed E-state index contributed by atoms with van der Waals surface area (Å²) in [6.45, 7) is 0. The molecule has 0 fully saturated rings. The van der Waals surface area contributed by atoms with E-state index < -0.39 is 0 Å². The molecule has 0 atom stereocenters. The molecule has 2 N–H and O–H groups in total. The Morgan fingerprint density at radius 1 is 0.850 bits per heavy atom. The quantitative estimate of drug-likeness (QED) is 0.896. The van der Waals surface area contributed by atoms with E-state index in [2.05, 4.69) is 10.6 Å². The molecule has 0 spiro atoms. The first-order valence-corrected chi connectivity index (χ1v) is 6.49. The predicted molar refractivity (Wildman–Crippen MR) is 84.7 cm³/mol. The maximum Gasteiger partial charge on any atom is 0.258 e. The van der Waals surface area contributed by atoms with Gasteiger partial charge in [-0.3, -0.25) is 4.79 Å². The van der Waals surface area contributed by atoms with Crippen molar-refractivity contribution in [3.05, 3.63) is 54.1 Å². The Balaban J connectivity index is 2.17. The van der Waals surface area contributed by atoms with Crippen LogP contribution in [0.25, 0.3) is 0 Å². The molecule has 0 aromatic heterocycles. The van der Waals surface area contributed by atoms with Crippen molar-refractivity contribution < 1.29 is 4.79 Å². The van der Waals surface area contributed by atoms with E-state index in [-0.39, 0.29) is 5.91 Å². The number of carbonyl (C=O) groups excluding carboxylic acids is 1. The minimum absolute atomic E-state index is 0.0233. The fraction of sp³-hybridized carbons (Fsp3) is 0.188. The van der Waals surface area contributed by atoms with Crippen LogP contribution < -0.4 is 15.5 Å². The number of carbonyl (C=O) groups is 1. The Morgan fingerprint density at radius 3 is 1.75 bits per heavy atom. The summed E-state index contributed by atoms with van der Waals surface area (Å²) in [6.07, 6.45) is 0. The van der Waals surface area contributed by atoms with Gasteiger partial charge in [0.1, 0.15) is 0 Å². The molecule has 2 aromatic carbocycles. The van der Waals surface area contributed by atoms with Gasteiger partial charge in [-0.1, -0.05) is 0 Å². The van der Waals surface area contributed by atoms with Crippen molar-refractivity contribution in [1.29, 1.82) is 0 Å².